The second-order valence-electron chi connectivity index (χ2n) is 5.38. The summed E-state index contributed by atoms with van der Waals surface area (Å²) in [6, 6.07) is 5.80. The summed E-state index contributed by atoms with van der Waals surface area (Å²) in [4.78, 5) is 35.8. The van der Waals surface area contributed by atoms with Crippen LogP contribution < -0.4 is 4.74 Å². The first kappa shape index (κ1) is 19.9. The van der Waals surface area contributed by atoms with Crippen molar-refractivity contribution in [3.63, 3.8) is 0 Å². The summed E-state index contributed by atoms with van der Waals surface area (Å²) in [6.45, 7) is 1.76. The third-order valence-corrected chi connectivity index (χ3v) is 4.90. The van der Waals surface area contributed by atoms with Gasteiger partial charge in [-0.25, -0.2) is 4.79 Å². The number of rotatable bonds is 8. The molecule has 26 heavy (non-hydrogen) atoms. The molecule has 1 atom stereocenters. The molecule has 1 heterocycles. The number of amides is 1. The van der Waals surface area contributed by atoms with Crippen LogP contribution in [0, 0.1) is 0 Å². The monoisotopic (exact) mass is 395 g/mol. The summed E-state index contributed by atoms with van der Waals surface area (Å²) in [5.74, 6) is -1.92. The number of thioether (sulfide) groups is 1. The van der Waals surface area contributed by atoms with Gasteiger partial charge in [0.05, 0.1) is 17.9 Å². The topological polar surface area (TPSA) is 104 Å². The lowest BCUT2D eigenvalue weighted by atomic mass is 10.1. The largest absolute Gasteiger partial charge is 0.493 e. The summed E-state index contributed by atoms with van der Waals surface area (Å²) in [6.07, 6.45) is 1.80. The van der Waals surface area contributed by atoms with E-state index in [1.165, 1.54) is 0 Å². The lowest BCUT2D eigenvalue weighted by Gasteiger charge is -2.21. The van der Waals surface area contributed by atoms with Crippen LogP contribution in [-0.4, -0.2) is 49.9 Å². The minimum absolute atomic E-state index is 0.0704. The molecule has 0 aromatic heterocycles. The number of carboxylic acid groups (broad SMARTS) is 2. The van der Waals surface area contributed by atoms with Crippen LogP contribution in [0.4, 0.5) is 0 Å². The van der Waals surface area contributed by atoms with Crippen molar-refractivity contribution in [3.8, 4) is 5.75 Å². The predicted octanol–water partition coefficient (Wildman–Crippen LogP) is 2.60. The highest BCUT2D eigenvalue weighted by atomic mass is 32.2. The minimum atomic E-state index is -1.09. The van der Waals surface area contributed by atoms with E-state index in [9.17, 15) is 19.5 Å². The van der Waals surface area contributed by atoms with Crippen LogP contribution in [0.3, 0.4) is 0 Å². The van der Waals surface area contributed by atoms with E-state index < -0.39 is 23.9 Å². The molecule has 0 bridgehead atoms. The van der Waals surface area contributed by atoms with Crippen molar-refractivity contribution in [2.24, 2.45) is 0 Å². The lowest BCUT2D eigenvalue weighted by Crippen LogP contribution is -2.43. The van der Waals surface area contributed by atoms with Gasteiger partial charge in [-0.3, -0.25) is 14.5 Å². The molecule has 0 aliphatic carbocycles. The first-order chi connectivity index (χ1) is 12.3. The molecule has 0 spiro atoms. The Labute approximate surface area is 159 Å². The molecule has 0 radical (unpaired) electrons. The van der Waals surface area contributed by atoms with Crippen molar-refractivity contribution in [1.82, 2.24) is 4.90 Å². The number of aliphatic carboxylic acids is 2. The molecule has 1 aromatic rings. The highest BCUT2D eigenvalue weighted by Gasteiger charge is 2.39. The summed E-state index contributed by atoms with van der Waals surface area (Å²) in [7, 11) is 0. The summed E-state index contributed by atoms with van der Waals surface area (Å²) >= 11 is 6.23. The van der Waals surface area contributed by atoms with Gasteiger partial charge in [0.2, 0.25) is 0 Å². The van der Waals surface area contributed by atoms with Crippen molar-refractivity contribution in [2.45, 2.75) is 25.8 Å². The summed E-state index contributed by atoms with van der Waals surface area (Å²) in [5, 5.41) is 17.8. The molecular formula is C17H17NO6S2. The average molecular weight is 395 g/mol. The van der Waals surface area contributed by atoms with E-state index in [1.54, 1.807) is 37.3 Å². The summed E-state index contributed by atoms with van der Waals surface area (Å²) < 4.78 is 5.53. The number of ether oxygens (including phenoxy) is 1. The Morgan fingerprint density at radius 3 is 2.50 bits per heavy atom. The minimum Gasteiger partial charge on any atom is -0.493 e. The molecule has 1 saturated heterocycles. The number of hydrogen-bond donors (Lipinski definition) is 2. The van der Waals surface area contributed by atoms with Gasteiger partial charge in [0.1, 0.15) is 16.1 Å². The molecule has 2 N–H and O–H groups in total. The van der Waals surface area contributed by atoms with Crippen molar-refractivity contribution in [2.75, 3.05) is 6.61 Å². The van der Waals surface area contributed by atoms with Crippen LogP contribution in [0.15, 0.2) is 29.2 Å². The fourth-order valence-corrected chi connectivity index (χ4v) is 3.64. The van der Waals surface area contributed by atoms with E-state index in [0.717, 1.165) is 22.2 Å². The van der Waals surface area contributed by atoms with Gasteiger partial charge in [-0.2, -0.15) is 0 Å². The molecule has 1 aromatic carbocycles. The Morgan fingerprint density at radius 1 is 1.31 bits per heavy atom. The predicted molar refractivity (Wildman–Crippen MR) is 101 cm³/mol. The Morgan fingerprint density at radius 2 is 1.96 bits per heavy atom. The Kier molecular flexibility index (Phi) is 6.76. The Balaban J connectivity index is 2.10. The van der Waals surface area contributed by atoms with Crippen molar-refractivity contribution in [1.29, 1.82) is 0 Å². The van der Waals surface area contributed by atoms with Gasteiger partial charge in [0.25, 0.3) is 5.91 Å². The maximum atomic E-state index is 12.5. The second kappa shape index (κ2) is 8.81. The molecule has 138 valence electrons. The number of carbonyl (C=O) groups is 3. The summed E-state index contributed by atoms with van der Waals surface area (Å²) in [5.41, 5.74) is 0.722. The molecule has 2 rings (SSSR count). The molecule has 1 amide bonds. The lowest BCUT2D eigenvalue weighted by molar-refractivity contribution is -0.145. The van der Waals surface area contributed by atoms with Crippen LogP contribution in [0.25, 0.3) is 6.08 Å². The van der Waals surface area contributed by atoms with Crippen molar-refractivity contribution in [3.05, 3.63) is 34.7 Å². The second-order valence-corrected chi connectivity index (χ2v) is 7.05. The van der Waals surface area contributed by atoms with Crippen molar-refractivity contribution < 1.29 is 29.3 Å². The van der Waals surface area contributed by atoms with Gasteiger partial charge in [-0.15, -0.1) is 0 Å². The normalized spacial score (nSPS) is 16.8. The quantitative estimate of drug-likeness (QED) is 0.511. The van der Waals surface area contributed by atoms with Gasteiger partial charge in [-0.1, -0.05) is 43.0 Å². The van der Waals surface area contributed by atoms with E-state index in [0.29, 0.717) is 10.7 Å². The van der Waals surface area contributed by atoms with E-state index in [2.05, 4.69) is 0 Å². The number of nitrogens with zero attached hydrogens (tertiary/aromatic N) is 1. The first-order valence-electron chi connectivity index (χ1n) is 7.78. The zero-order chi connectivity index (χ0) is 19.3. The number of thiocarbonyl (C=S) groups is 1. The van der Waals surface area contributed by atoms with Gasteiger partial charge in [-0.05, 0) is 30.2 Å². The number of benzene rings is 1. The third-order valence-electron chi connectivity index (χ3n) is 3.57. The molecule has 1 fully saturated rings. The zero-order valence-electron chi connectivity index (χ0n) is 13.9. The number of hydrogen-bond acceptors (Lipinski definition) is 6. The third kappa shape index (κ3) is 4.83. The SMILES string of the molecule is CCC(C(=O)O)N1C(=O)/C(=C/c2ccc(OCCC(=O)O)cc2)SC1=S. The van der Waals surface area contributed by atoms with E-state index in [1.807, 2.05) is 0 Å². The van der Waals surface area contributed by atoms with Gasteiger partial charge < -0.3 is 14.9 Å². The van der Waals surface area contributed by atoms with Gasteiger partial charge in [0, 0.05) is 0 Å². The van der Waals surface area contributed by atoms with Crippen LogP contribution in [-0.2, 0) is 14.4 Å². The van der Waals surface area contributed by atoms with Gasteiger partial charge >= 0.3 is 11.9 Å². The average Bonchev–Trinajstić information content (AvgIpc) is 2.84. The smallest absolute Gasteiger partial charge is 0.326 e. The fraction of sp³-hybridized carbons (Fsp3) is 0.294. The maximum absolute atomic E-state index is 12.5. The maximum Gasteiger partial charge on any atom is 0.326 e. The number of carboxylic acids is 2. The van der Waals surface area contributed by atoms with Crippen LogP contribution in [0.1, 0.15) is 25.3 Å². The number of carbonyl (C=O) groups excluding carboxylic acids is 1. The highest BCUT2D eigenvalue weighted by Crippen LogP contribution is 2.34. The Bertz CT molecular complexity index is 759. The van der Waals surface area contributed by atoms with E-state index in [-0.39, 0.29) is 23.8 Å². The molecule has 1 aliphatic rings. The molecular weight excluding hydrogens is 378 g/mol. The zero-order valence-corrected chi connectivity index (χ0v) is 15.5. The van der Waals surface area contributed by atoms with Crippen LogP contribution in [0.2, 0.25) is 0 Å². The van der Waals surface area contributed by atoms with Crippen LogP contribution in [0.5, 0.6) is 5.75 Å². The molecule has 9 heteroatoms. The van der Waals surface area contributed by atoms with E-state index in [4.69, 9.17) is 22.1 Å². The van der Waals surface area contributed by atoms with Gasteiger partial charge in [0.15, 0.2) is 0 Å². The van der Waals surface area contributed by atoms with E-state index >= 15 is 0 Å². The fourth-order valence-electron chi connectivity index (χ4n) is 2.28. The molecule has 0 saturated carbocycles. The Hall–Kier alpha value is -2.39. The van der Waals surface area contributed by atoms with Crippen molar-refractivity contribution >= 4 is 52.2 Å². The molecule has 1 aliphatic heterocycles. The van der Waals surface area contributed by atoms with Crippen LogP contribution >= 0.6 is 24.0 Å². The molecule has 1 unspecified atom stereocenters. The molecule has 7 nitrogen and oxygen atoms in total. The standard InChI is InChI=1S/C17H17NO6S2/c1-2-12(16(22)23)18-15(21)13(26-17(18)25)9-10-3-5-11(6-4-10)24-8-7-14(19)20/h3-6,9,12H,2,7-8H2,1H3,(H,19,20)(H,22,23)/b13-9-. The highest BCUT2D eigenvalue weighted by molar-refractivity contribution is 8.26. The first-order valence-corrected chi connectivity index (χ1v) is 9.00.